The summed E-state index contributed by atoms with van der Waals surface area (Å²) in [5.74, 6) is 0.782. The molecular weight excluding hydrogens is 396 g/mol. The Labute approximate surface area is 181 Å². The summed E-state index contributed by atoms with van der Waals surface area (Å²) in [6.45, 7) is 6.28. The summed E-state index contributed by atoms with van der Waals surface area (Å²) < 4.78 is 23.1. The lowest BCUT2D eigenvalue weighted by Crippen LogP contribution is -2.39. The van der Waals surface area contributed by atoms with Crippen molar-refractivity contribution in [1.82, 2.24) is 15.5 Å². The van der Waals surface area contributed by atoms with Crippen LogP contribution in [0.15, 0.2) is 58.4 Å². The molecule has 0 aliphatic heterocycles. The Morgan fingerprint density at radius 1 is 1.03 bits per heavy atom. The highest BCUT2D eigenvalue weighted by Crippen LogP contribution is 2.19. The lowest BCUT2D eigenvalue weighted by atomic mass is 10.0. The summed E-state index contributed by atoms with van der Waals surface area (Å²) in [6.07, 6.45) is 2.00. The first kappa shape index (κ1) is 23.9. The van der Waals surface area contributed by atoms with Crippen LogP contribution in [0.4, 0.5) is 0 Å². The van der Waals surface area contributed by atoms with Crippen LogP contribution in [0.3, 0.4) is 0 Å². The van der Waals surface area contributed by atoms with Gasteiger partial charge in [0.05, 0.1) is 17.5 Å². The van der Waals surface area contributed by atoms with Crippen LogP contribution in [0.1, 0.15) is 29.7 Å². The molecule has 2 aromatic rings. The van der Waals surface area contributed by atoms with Gasteiger partial charge in [-0.2, -0.15) is 0 Å². The summed E-state index contributed by atoms with van der Waals surface area (Å²) in [7, 11) is 0.982. The highest BCUT2D eigenvalue weighted by atomic mass is 32.2. The molecule has 0 heterocycles. The molecule has 0 aliphatic rings. The Hall–Kier alpha value is -2.38. The Kier molecular flexibility index (Phi) is 8.87. The SMILES string of the molecule is CCNC(=NCC(c1ccc(C)cc1)N(C)C)NCCc1ccc(S(C)(=O)=O)cc1. The van der Waals surface area contributed by atoms with Crippen LogP contribution in [0.2, 0.25) is 0 Å². The first-order valence-electron chi connectivity index (χ1n) is 10.2. The van der Waals surface area contributed by atoms with Gasteiger partial charge in [0.15, 0.2) is 15.8 Å². The number of nitrogens with one attached hydrogen (secondary N) is 2. The minimum atomic E-state index is -3.16. The fourth-order valence-corrected chi connectivity index (χ4v) is 3.73. The fraction of sp³-hybridized carbons (Fsp3) is 0.435. The molecule has 30 heavy (non-hydrogen) atoms. The molecule has 0 radical (unpaired) electrons. The van der Waals surface area contributed by atoms with E-state index in [2.05, 4.69) is 60.8 Å². The van der Waals surface area contributed by atoms with E-state index in [1.54, 1.807) is 12.1 Å². The van der Waals surface area contributed by atoms with Gasteiger partial charge in [0.2, 0.25) is 0 Å². The van der Waals surface area contributed by atoms with E-state index in [1.165, 1.54) is 17.4 Å². The molecule has 0 fully saturated rings. The monoisotopic (exact) mass is 430 g/mol. The average molecular weight is 431 g/mol. The molecule has 164 valence electrons. The molecule has 2 aromatic carbocycles. The molecule has 1 atom stereocenters. The van der Waals surface area contributed by atoms with E-state index >= 15 is 0 Å². The van der Waals surface area contributed by atoms with Crippen LogP contribution in [-0.4, -0.2) is 59.3 Å². The number of benzene rings is 2. The third-order valence-electron chi connectivity index (χ3n) is 4.91. The van der Waals surface area contributed by atoms with Crippen LogP contribution in [-0.2, 0) is 16.3 Å². The molecular formula is C23H34N4O2S. The van der Waals surface area contributed by atoms with Gasteiger partial charge in [0.25, 0.3) is 0 Å². The van der Waals surface area contributed by atoms with E-state index in [4.69, 9.17) is 4.99 Å². The van der Waals surface area contributed by atoms with Crippen molar-refractivity contribution in [2.24, 2.45) is 4.99 Å². The van der Waals surface area contributed by atoms with Gasteiger partial charge in [-0.3, -0.25) is 4.99 Å². The zero-order valence-electron chi connectivity index (χ0n) is 18.6. The number of aryl methyl sites for hydroxylation is 1. The fourth-order valence-electron chi connectivity index (χ4n) is 3.10. The van der Waals surface area contributed by atoms with Crippen molar-refractivity contribution in [3.8, 4) is 0 Å². The molecule has 0 amide bonds. The molecule has 2 N–H and O–H groups in total. The number of hydrogen-bond acceptors (Lipinski definition) is 4. The first-order chi connectivity index (χ1) is 14.2. The van der Waals surface area contributed by atoms with Gasteiger partial charge >= 0.3 is 0 Å². The molecule has 0 aromatic heterocycles. The van der Waals surface area contributed by atoms with Crippen LogP contribution < -0.4 is 10.6 Å². The number of nitrogens with zero attached hydrogens (tertiary/aromatic N) is 2. The molecule has 6 nitrogen and oxygen atoms in total. The minimum Gasteiger partial charge on any atom is -0.357 e. The number of guanidine groups is 1. The van der Waals surface area contributed by atoms with Gasteiger partial charge in [-0.25, -0.2) is 8.42 Å². The second kappa shape index (κ2) is 11.1. The van der Waals surface area contributed by atoms with Crippen LogP contribution >= 0.6 is 0 Å². The third kappa shape index (κ3) is 7.46. The number of rotatable bonds is 9. The van der Waals surface area contributed by atoms with Crippen molar-refractivity contribution in [3.05, 3.63) is 65.2 Å². The van der Waals surface area contributed by atoms with Crippen LogP contribution in [0, 0.1) is 6.92 Å². The van der Waals surface area contributed by atoms with Crippen molar-refractivity contribution >= 4 is 15.8 Å². The van der Waals surface area contributed by atoms with Crippen LogP contribution in [0.25, 0.3) is 0 Å². The Bertz CT molecular complexity index is 921. The summed E-state index contributed by atoms with van der Waals surface area (Å²) in [5, 5.41) is 6.66. The average Bonchev–Trinajstić information content (AvgIpc) is 2.69. The number of aliphatic imine (C=N–C) groups is 1. The van der Waals surface area contributed by atoms with E-state index in [1.807, 2.05) is 19.1 Å². The predicted molar refractivity (Wildman–Crippen MR) is 125 cm³/mol. The maximum Gasteiger partial charge on any atom is 0.191 e. The summed E-state index contributed by atoms with van der Waals surface area (Å²) in [4.78, 5) is 7.31. The molecule has 2 rings (SSSR count). The molecule has 7 heteroatoms. The van der Waals surface area contributed by atoms with Gasteiger partial charge in [-0.15, -0.1) is 0 Å². The zero-order valence-corrected chi connectivity index (χ0v) is 19.5. The third-order valence-corrected chi connectivity index (χ3v) is 6.04. The zero-order chi connectivity index (χ0) is 22.1. The normalized spacial score (nSPS) is 13.3. The number of likely N-dealkylation sites (N-methyl/N-ethyl adjacent to an activating group) is 1. The van der Waals surface area contributed by atoms with Crippen molar-refractivity contribution < 1.29 is 8.42 Å². The minimum absolute atomic E-state index is 0.199. The molecule has 0 bridgehead atoms. The first-order valence-corrected chi connectivity index (χ1v) is 12.1. The lowest BCUT2D eigenvalue weighted by molar-refractivity contribution is 0.306. The highest BCUT2D eigenvalue weighted by Gasteiger charge is 2.14. The molecule has 0 saturated heterocycles. The maximum absolute atomic E-state index is 11.6. The molecule has 1 unspecified atom stereocenters. The molecule has 0 saturated carbocycles. The largest absolute Gasteiger partial charge is 0.357 e. The van der Waals surface area contributed by atoms with Gasteiger partial charge in [0, 0.05) is 19.3 Å². The highest BCUT2D eigenvalue weighted by molar-refractivity contribution is 7.90. The van der Waals surface area contributed by atoms with Gasteiger partial charge in [-0.1, -0.05) is 42.0 Å². The Balaban J connectivity index is 1.98. The van der Waals surface area contributed by atoms with Gasteiger partial charge in [0.1, 0.15) is 0 Å². The van der Waals surface area contributed by atoms with E-state index in [-0.39, 0.29) is 6.04 Å². The molecule has 0 aliphatic carbocycles. The number of sulfone groups is 1. The van der Waals surface area contributed by atoms with Crippen molar-refractivity contribution in [1.29, 1.82) is 0 Å². The number of hydrogen-bond donors (Lipinski definition) is 2. The van der Waals surface area contributed by atoms with Crippen molar-refractivity contribution in [3.63, 3.8) is 0 Å². The van der Waals surface area contributed by atoms with Crippen molar-refractivity contribution in [2.75, 3.05) is 40.0 Å². The molecule has 0 spiro atoms. The lowest BCUT2D eigenvalue weighted by Gasteiger charge is -2.24. The van der Waals surface area contributed by atoms with E-state index < -0.39 is 9.84 Å². The maximum atomic E-state index is 11.6. The Morgan fingerprint density at radius 3 is 2.20 bits per heavy atom. The predicted octanol–water partition coefficient (Wildman–Crippen LogP) is 2.80. The van der Waals surface area contributed by atoms with E-state index in [0.29, 0.717) is 18.0 Å². The van der Waals surface area contributed by atoms with Gasteiger partial charge < -0.3 is 15.5 Å². The summed E-state index contributed by atoms with van der Waals surface area (Å²) in [6, 6.07) is 15.8. The quantitative estimate of drug-likeness (QED) is 0.473. The second-order valence-electron chi connectivity index (χ2n) is 7.70. The summed E-state index contributed by atoms with van der Waals surface area (Å²) >= 11 is 0. The van der Waals surface area contributed by atoms with E-state index in [0.717, 1.165) is 24.5 Å². The van der Waals surface area contributed by atoms with Crippen LogP contribution in [0.5, 0.6) is 0 Å². The Morgan fingerprint density at radius 2 is 1.67 bits per heavy atom. The van der Waals surface area contributed by atoms with E-state index in [9.17, 15) is 8.42 Å². The smallest absolute Gasteiger partial charge is 0.191 e. The topological polar surface area (TPSA) is 73.8 Å². The van der Waals surface area contributed by atoms with Crippen molar-refractivity contribution in [2.45, 2.75) is 31.2 Å². The second-order valence-corrected chi connectivity index (χ2v) is 9.72. The van der Waals surface area contributed by atoms with Gasteiger partial charge in [-0.05, 0) is 57.6 Å². The summed E-state index contributed by atoms with van der Waals surface area (Å²) in [5.41, 5.74) is 3.58. The standard InChI is InChI=1S/C23H34N4O2S/c1-6-24-23(25-16-15-19-9-13-21(14-10-19)30(5,28)29)26-17-22(27(3)4)20-11-7-18(2)8-12-20/h7-14,22H,6,15-17H2,1-5H3,(H2,24,25,26).